The van der Waals surface area contributed by atoms with Crippen molar-refractivity contribution in [1.82, 2.24) is 20.3 Å². The van der Waals surface area contributed by atoms with Crippen LogP contribution < -0.4 is 15.4 Å². The van der Waals surface area contributed by atoms with E-state index >= 15 is 0 Å². The number of ether oxygens (including phenoxy) is 1. The van der Waals surface area contributed by atoms with E-state index in [0.717, 1.165) is 54.7 Å². The molecule has 1 atom stereocenters. The molecule has 3 aromatic rings. The lowest BCUT2D eigenvalue weighted by molar-refractivity contribution is -0.122. The largest absolute Gasteiger partial charge is 0.496 e. The highest BCUT2D eigenvalue weighted by Crippen LogP contribution is 2.29. The van der Waals surface area contributed by atoms with E-state index in [1.807, 2.05) is 30.5 Å². The van der Waals surface area contributed by atoms with Crippen LogP contribution in [0.4, 0.5) is 5.82 Å². The Morgan fingerprint density at radius 1 is 1.18 bits per heavy atom. The number of carbonyl (C=O) groups excluding carboxylic acids is 1. The van der Waals surface area contributed by atoms with Crippen molar-refractivity contribution in [3.63, 3.8) is 0 Å². The Bertz CT molecular complexity index is 1070. The zero-order valence-electron chi connectivity index (χ0n) is 19.3. The summed E-state index contributed by atoms with van der Waals surface area (Å²) in [4.78, 5) is 26.1. The van der Waals surface area contributed by atoms with Crippen molar-refractivity contribution < 1.29 is 9.53 Å². The molecule has 1 aliphatic heterocycles. The molecule has 3 heterocycles. The van der Waals surface area contributed by atoms with Crippen LogP contribution in [-0.2, 0) is 11.2 Å². The van der Waals surface area contributed by atoms with Gasteiger partial charge < -0.3 is 15.4 Å². The highest BCUT2D eigenvalue weighted by molar-refractivity contribution is 5.84. The van der Waals surface area contributed by atoms with E-state index < -0.39 is 0 Å². The van der Waals surface area contributed by atoms with Crippen LogP contribution in [0, 0.1) is 5.92 Å². The Morgan fingerprint density at radius 2 is 2.03 bits per heavy atom. The maximum Gasteiger partial charge on any atom is 0.145 e. The molecule has 0 radical (unpaired) electrons. The molecule has 0 saturated carbocycles. The van der Waals surface area contributed by atoms with E-state index in [0.29, 0.717) is 18.0 Å². The standard InChI is InChI=1S/C26H31N5O2/c1-3-22(21-5-4-10-28-15-21)30-26-17-29-16-23(31-26)19-6-7-20(25(14-19)33-2)13-24(32)18-8-11-27-12-9-18/h4-7,10,14-18,22,27H,3,8-9,11-13H2,1-2H3,(H,30,31). The first-order valence-corrected chi connectivity index (χ1v) is 11.6. The fourth-order valence-electron chi connectivity index (χ4n) is 4.28. The lowest BCUT2D eigenvalue weighted by atomic mass is 9.89. The topological polar surface area (TPSA) is 89.0 Å². The van der Waals surface area contributed by atoms with Gasteiger partial charge in [0.1, 0.15) is 17.4 Å². The third-order valence-corrected chi connectivity index (χ3v) is 6.19. The predicted molar refractivity (Wildman–Crippen MR) is 129 cm³/mol. The molecule has 0 spiro atoms. The van der Waals surface area contributed by atoms with Gasteiger partial charge in [-0.2, -0.15) is 0 Å². The summed E-state index contributed by atoms with van der Waals surface area (Å²) in [6, 6.07) is 9.99. The molecule has 2 N–H and O–H groups in total. The van der Waals surface area contributed by atoms with Gasteiger partial charge in [0.25, 0.3) is 0 Å². The van der Waals surface area contributed by atoms with Crippen molar-refractivity contribution in [1.29, 1.82) is 0 Å². The Kier molecular flexibility index (Phi) is 7.62. The number of nitrogens with zero attached hydrogens (tertiary/aromatic N) is 3. The molecule has 2 aromatic heterocycles. The molecule has 1 aromatic carbocycles. The summed E-state index contributed by atoms with van der Waals surface area (Å²) in [7, 11) is 1.64. The van der Waals surface area contributed by atoms with E-state index in [2.05, 4.69) is 33.6 Å². The SMILES string of the molecule is CCC(Nc1cncc(-c2ccc(CC(=O)C3CCNCC3)c(OC)c2)n1)c1cccnc1. The Morgan fingerprint density at radius 3 is 2.76 bits per heavy atom. The molecule has 1 unspecified atom stereocenters. The van der Waals surface area contributed by atoms with Gasteiger partial charge >= 0.3 is 0 Å². The Balaban J connectivity index is 1.51. The normalized spacial score (nSPS) is 15.1. The van der Waals surface area contributed by atoms with Crippen molar-refractivity contribution in [3.8, 4) is 17.0 Å². The number of pyridine rings is 1. The first-order valence-electron chi connectivity index (χ1n) is 11.6. The highest BCUT2D eigenvalue weighted by atomic mass is 16.5. The maximum absolute atomic E-state index is 12.8. The average Bonchev–Trinajstić information content (AvgIpc) is 2.88. The molecule has 172 valence electrons. The van der Waals surface area contributed by atoms with Crippen LogP contribution in [0.25, 0.3) is 11.3 Å². The number of aromatic nitrogens is 3. The minimum atomic E-state index is 0.0983. The van der Waals surface area contributed by atoms with Crippen LogP contribution in [0.5, 0.6) is 5.75 Å². The van der Waals surface area contributed by atoms with Gasteiger partial charge in [0.05, 0.1) is 31.2 Å². The van der Waals surface area contributed by atoms with Gasteiger partial charge in [0, 0.05) is 35.9 Å². The first kappa shape index (κ1) is 22.9. The van der Waals surface area contributed by atoms with Crippen molar-refractivity contribution in [3.05, 3.63) is 66.2 Å². The van der Waals surface area contributed by atoms with Gasteiger partial charge in [0.2, 0.25) is 0 Å². The molecule has 7 heteroatoms. The number of rotatable bonds is 9. The van der Waals surface area contributed by atoms with Gasteiger partial charge in [-0.1, -0.05) is 25.1 Å². The van der Waals surface area contributed by atoms with E-state index in [1.54, 1.807) is 25.7 Å². The summed E-state index contributed by atoms with van der Waals surface area (Å²) in [5.74, 6) is 1.83. The average molecular weight is 446 g/mol. The molecule has 1 saturated heterocycles. The number of hydrogen-bond acceptors (Lipinski definition) is 7. The third kappa shape index (κ3) is 5.73. The Hall–Kier alpha value is -3.32. The van der Waals surface area contributed by atoms with Crippen molar-refractivity contribution >= 4 is 11.6 Å². The predicted octanol–water partition coefficient (Wildman–Crippen LogP) is 4.22. The second kappa shape index (κ2) is 11.0. The minimum absolute atomic E-state index is 0.0983. The molecule has 7 nitrogen and oxygen atoms in total. The van der Waals surface area contributed by atoms with E-state index in [9.17, 15) is 4.79 Å². The summed E-state index contributed by atoms with van der Waals surface area (Å²) >= 11 is 0. The van der Waals surface area contributed by atoms with Gasteiger partial charge in [-0.3, -0.25) is 14.8 Å². The molecule has 33 heavy (non-hydrogen) atoms. The minimum Gasteiger partial charge on any atom is -0.496 e. The number of methoxy groups -OCH3 is 1. The van der Waals surface area contributed by atoms with Gasteiger partial charge in [-0.25, -0.2) is 4.98 Å². The van der Waals surface area contributed by atoms with E-state index in [1.165, 1.54) is 0 Å². The molecular weight excluding hydrogens is 414 g/mol. The number of Topliss-reactive ketones (excluding diaryl/α,β-unsaturated/α-hetero) is 1. The van der Waals surface area contributed by atoms with E-state index in [4.69, 9.17) is 9.72 Å². The number of piperidine rings is 1. The summed E-state index contributed by atoms with van der Waals surface area (Å²) in [5, 5.41) is 6.78. The smallest absolute Gasteiger partial charge is 0.145 e. The van der Waals surface area contributed by atoms with Gasteiger partial charge in [-0.05, 0) is 50.0 Å². The quantitative estimate of drug-likeness (QED) is 0.510. The molecule has 1 fully saturated rings. The molecule has 1 aliphatic rings. The number of hydrogen-bond donors (Lipinski definition) is 2. The molecule has 0 bridgehead atoms. The van der Waals surface area contributed by atoms with E-state index in [-0.39, 0.29) is 17.7 Å². The van der Waals surface area contributed by atoms with Crippen LogP contribution >= 0.6 is 0 Å². The maximum atomic E-state index is 12.8. The molecule has 4 rings (SSSR count). The highest BCUT2D eigenvalue weighted by Gasteiger charge is 2.22. The molecule has 0 aliphatic carbocycles. The Labute approximate surface area is 195 Å². The third-order valence-electron chi connectivity index (χ3n) is 6.19. The van der Waals surface area contributed by atoms with Crippen LogP contribution in [0.2, 0.25) is 0 Å². The van der Waals surface area contributed by atoms with Crippen molar-refractivity contribution in [2.75, 3.05) is 25.5 Å². The summed E-state index contributed by atoms with van der Waals surface area (Å²) in [5.41, 5.74) is 3.66. The zero-order chi connectivity index (χ0) is 23.0. The van der Waals surface area contributed by atoms with Gasteiger partial charge in [0.15, 0.2) is 0 Å². The second-order valence-corrected chi connectivity index (χ2v) is 8.38. The molecular formula is C26H31N5O2. The van der Waals surface area contributed by atoms with Crippen molar-refractivity contribution in [2.24, 2.45) is 5.92 Å². The summed E-state index contributed by atoms with van der Waals surface area (Å²) < 4.78 is 5.63. The van der Waals surface area contributed by atoms with Crippen LogP contribution in [0.3, 0.4) is 0 Å². The molecule has 0 amide bonds. The van der Waals surface area contributed by atoms with Crippen molar-refractivity contribution in [2.45, 2.75) is 38.6 Å². The fraction of sp³-hybridized carbons (Fsp3) is 0.385. The second-order valence-electron chi connectivity index (χ2n) is 8.38. The number of benzene rings is 1. The summed E-state index contributed by atoms with van der Waals surface area (Å²) in [6.07, 6.45) is 10.2. The first-order chi connectivity index (χ1) is 16.2. The monoisotopic (exact) mass is 445 g/mol. The zero-order valence-corrected chi connectivity index (χ0v) is 19.3. The lowest BCUT2D eigenvalue weighted by Gasteiger charge is -2.21. The van der Waals surface area contributed by atoms with Crippen LogP contribution in [0.15, 0.2) is 55.1 Å². The number of ketones is 1. The number of carbonyl (C=O) groups is 1. The lowest BCUT2D eigenvalue weighted by Crippen LogP contribution is -2.32. The summed E-state index contributed by atoms with van der Waals surface area (Å²) in [6.45, 7) is 3.95. The fourth-order valence-corrected chi connectivity index (χ4v) is 4.28. The number of anilines is 1. The van der Waals surface area contributed by atoms with Gasteiger partial charge in [-0.15, -0.1) is 0 Å². The van der Waals surface area contributed by atoms with Crippen LogP contribution in [0.1, 0.15) is 43.4 Å². The number of nitrogens with one attached hydrogen (secondary N) is 2. The van der Waals surface area contributed by atoms with Crippen LogP contribution in [-0.4, -0.2) is 40.9 Å².